The van der Waals surface area contributed by atoms with Crippen LogP contribution in [0.2, 0.25) is 5.02 Å². The van der Waals surface area contributed by atoms with E-state index in [2.05, 4.69) is 0 Å². The van der Waals surface area contributed by atoms with Crippen molar-refractivity contribution >= 4 is 23.4 Å². The first kappa shape index (κ1) is 14.4. The topological polar surface area (TPSA) is 26.0 Å². The maximum absolute atomic E-state index is 13.2. The molecule has 4 heteroatoms. The quantitative estimate of drug-likeness (QED) is 0.830. The molecule has 0 heterocycles. The van der Waals surface area contributed by atoms with Crippen LogP contribution in [0.25, 0.3) is 0 Å². The van der Waals surface area contributed by atoms with Gasteiger partial charge in [0.05, 0.1) is 0 Å². The standard InChI is InChI=1S/C15H15ClFNS/c1-10(18)15(11-4-2-5-12(16)8-11)19-14-7-3-6-13(17)9-14/h2-10,15H,18H2,1H3. The minimum absolute atomic E-state index is 0.0421. The SMILES string of the molecule is CC(N)C(Sc1cccc(F)c1)c1cccc(Cl)c1. The summed E-state index contributed by atoms with van der Waals surface area (Å²) in [4.78, 5) is 0.863. The van der Waals surface area contributed by atoms with Crippen molar-refractivity contribution in [1.29, 1.82) is 0 Å². The number of hydrogen-bond donors (Lipinski definition) is 1. The van der Waals surface area contributed by atoms with Gasteiger partial charge < -0.3 is 5.73 Å². The Hall–Kier alpha value is -1.03. The zero-order valence-corrected chi connectivity index (χ0v) is 12.1. The van der Waals surface area contributed by atoms with Gasteiger partial charge in [-0.3, -0.25) is 0 Å². The lowest BCUT2D eigenvalue weighted by molar-refractivity contribution is 0.624. The summed E-state index contributed by atoms with van der Waals surface area (Å²) in [5.41, 5.74) is 7.10. The average molecular weight is 296 g/mol. The van der Waals surface area contributed by atoms with E-state index in [9.17, 15) is 4.39 Å². The zero-order chi connectivity index (χ0) is 13.8. The molecular formula is C15H15ClFNS. The number of halogens is 2. The van der Waals surface area contributed by atoms with E-state index in [0.717, 1.165) is 10.5 Å². The molecule has 0 amide bonds. The van der Waals surface area contributed by atoms with Crippen LogP contribution in [0.1, 0.15) is 17.7 Å². The van der Waals surface area contributed by atoms with Gasteiger partial charge in [0.25, 0.3) is 0 Å². The highest BCUT2D eigenvalue weighted by atomic mass is 35.5. The highest BCUT2D eigenvalue weighted by molar-refractivity contribution is 7.99. The molecule has 2 aromatic carbocycles. The van der Waals surface area contributed by atoms with Gasteiger partial charge >= 0.3 is 0 Å². The third-order valence-electron chi connectivity index (χ3n) is 2.71. The van der Waals surface area contributed by atoms with E-state index in [1.165, 1.54) is 12.1 Å². The second kappa shape index (κ2) is 6.42. The normalized spacial score (nSPS) is 14.1. The summed E-state index contributed by atoms with van der Waals surface area (Å²) >= 11 is 7.56. The molecule has 0 fully saturated rings. The van der Waals surface area contributed by atoms with Gasteiger partial charge in [-0.25, -0.2) is 4.39 Å². The third-order valence-corrected chi connectivity index (χ3v) is 4.43. The molecule has 0 spiro atoms. The van der Waals surface area contributed by atoms with Crippen molar-refractivity contribution in [2.45, 2.75) is 23.1 Å². The van der Waals surface area contributed by atoms with Crippen molar-refractivity contribution in [1.82, 2.24) is 0 Å². The van der Waals surface area contributed by atoms with Crippen molar-refractivity contribution in [2.24, 2.45) is 5.73 Å². The summed E-state index contributed by atoms with van der Waals surface area (Å²) in [6.45, 7) is 1.94. The maximum Gasteiger partial charge on any atom is 0.124 e. The molecule has 100 valence electrons. The van der Waals surface area contributed by atoms with Crippen LogP contribution in [-0.4, -0.2) is 6.04 Å². The molecule has 1 nitrogen and oxygen atoms in total. The summed E-state index contributed by atoms with van der Waals surface area (Å²) in [6, 6.07) is 14.1. The van der Waals surface area contributed by atoms with Crippen LogP contribution in [0.3, 0.4) is 0 Å². The highest BCUT2D eigenvalue weighted by Gasteiger charge is 2.18. The second-order valence-corrected chi connectivity index (χ2v) is 6.06. The molecule has 0 saturated carbocycles. The number of benzene rings is 2. The molecule has 0 radical (unpaired) electrons. The average Bonchev–Trinajstić information content (AvgIpc) is 2.35. The smallest absolute Gasteiger partial charge is 0.124 e. The Bertz CT molecular complexity index is 559. The number of rotatable bonds is 4. The van der Waals surface area contributed by atoms with E-state index in [1.807, 2.05) is 37.3 Å². The zero-order valence-electron chi connectivity index (χ0n) is 10.5. The molecule has 0 aliphatic heterocycles. The number of thioether (sulfide) groups is 1. The van der Waals surface area contributed by atoms with Gasteiger partial charge in [0.1, 0.15) is 5.82 Å². The lowest BCUT2D eigenvalue weighted by Crippen LogP contribution is -2.22. The van der Waals surface area contributed by atoms with Crippen LogP contribution in [0, 0.1) is 5.82 Å². The largest absolute Gasteiger partial charge is 0.327 e. The summed E-state index contributed by atoms with van der Waals surface area (Å²) in [7, 11) is 0. The van der Waals surface area contributed by atoms with Crippen LogP contribution in [0.15, 0.2) is 53.4 Å². The van der Waals surface area contributed by atoms with Crippen molar-refractivity contribution < 1.29 is 4.39 Å². The van der Waals surface area contributed by atoms with Crippen LogP contribution in [-0.2, 0) is 0 Å². The van der Waals surface area contributed by atoms with E-state index in [0.29, 0.717) is 5.02 Å². The van der Waals surface area contributed by atoms with Crippen molar-refractivity contribution in [2.75, 3.05) is 0 Å². The molecule has 0 aromatic heterocycles. The molecule has 0 aliphatic rings. The molecule has 2 atom stereocenters. The predicted octanol–water partition coefficient (Wildman–Crippen LogP) is 4.66. The second-order valence-electron chi connectivity index (χ2n) is 4.41. The highest BCUT2D eigenvalue weighted by Crippen LogP contribution is 2.37. The summed E-state index contributed by atoms with van der Waals surface area (Å²) in [5.74, 6) is -0.237. The minimum Gasteiger partial charge on any atom is -0.327 e. The fraction of sp³-hybridized carbons (Fsp3) is 0.200. The Kier molecular flexibility index (Phi) is 4.86. The predicted molar refractivity (Wildman–Crippen MR) is 80.1 cm³/mol. The molecule has 2 N–H and O–H groups in total. The number of hydrogen-bond acceptors (Lipinski definition) is 2. The fourth-order valence-corrected chi connectivity index (χ4v) is 3.18. The van der Waals surface area contributed by atoms with Gasteiger partial charge in [0.2, 0.25) is 0 Å². The van der Waals surface area contributed by atoms with Crippen LogP contribution >= 0.6 is 23.4 Å². The molecule has 0 bridgehead atoms. The molecule has 0 aliphatic carbocycles. The van der Waals surface area contributed by atoms with Crippen LogP contribution in [0.5, 0.6) is 0 Å². The van der Waals surface area contributed by atoms with E-state index in [-0.39, 0.29) is 17.1 Å². The molecular weight excluding hydrogens is 281 g/mol. The van der Waals surface area contributed by atoms with Crippen LogP contribution < -0.4 is 5.73 Å². The van der Waals surface area contributed by atoms with Crippen molar-refractivity contribution in [3.8, 4) is 0 Å². The van der Waals surface area contributed by atoms with E-state index < -0.39 is 0 Å². The first-order valence-corrected chi connectivity index (χ1v) is 7.25. The van der Waals surface area contributed by atoms with Gasteiger partial charge in [-0.05, 0) is 42.8 Å². The lowest BCUT2D eigenvalue weighted by Gasteiger charge is -2.21. The van der Waals surface area contributed by atoms with Gasteiger partial charge in [0.15, 0.2) is 0 Å². The molecule has 2 aromatic rings. The van der Waals surface area contributed by atoms with Crippen LogP contribution in [0.4, 0.5) is 4.39 Å². The summed E-state index contributed by atoms with van der Waals surface area (Å²) < 4.78 is 13.2. The van der Waals surface area contributed by atoms with E-state index in [1.54, 1.807) is 17.8 Å². The summed E-state index contributed by atoms with van der Waals surface area (Å²) in [5, 5.41) is 0.725. The Morgan fingerprint density at radius 1 is 1.16 bits per heavy atom. The van der Waals surface area contributed by atoms with Gasteiger partial charge in [0, 0.05) is 21.2 Å². The lowest BCUT2D eigenvalue weighted by atomic mass is 10.1. The van der Waals surface area contributed by atoms with Gasteiger partial charge in [-0.2, -0.15) is 0 Å². The van der Waals surface area contributed by atoms with Gasteiger partial charge in [-0.1, -0.05) is 29.8 Å². The fourth-order valence-electron chi connectivity index (χ4n) is 1.85. The van der Waals surface area contributed by atoms with Gasteiger partial charge in [-0.15, -0.1) is 11.8 Å². The summed E-state index contributed by atoms with van der Waals surface area (Å²) in [6.07, 6.45) is 0. The molecule has 2 rings (SSSR count). The monoisotopic (exact) mass is 295 g/mol. The van der Waals surface area contributed by atoms with E-state index >= 15 is 0 Å². The molecule has 0 saturated heterocycles. The first-order chi connectivity index (χ1) is 9.06. The Morgan fingerprint density at radius 2 is 1.89 bits per heavy atom. The Balaban J connectivity index is 2.26. The maximum atomic E-state index is 13.2. The Morgan fingerprint density at radius 3 is 2.53 bits per heavy atom. The molecule has 2 unspecified atom stereocenters. The number of nitrogens with two attached hydrogens (primary N) is 1. The van der Waals surface area contributed by atoms with Crippen molar-refractivity contribution in [3.05, 3.63) is 64.9 Å². The van der Waals surface area contributed by atoms with E-state index in [4.69, 9.17) is 17.3 Å². The third kappa shape index (κ3) is 3.96. The Labute approximate surface area is 122 Å². The molecule has 19 heavy (non-hydrogen) atoms. The minimum atomic E-state index is -0.237. The first-order valence-electron chi connectivity index (χ1n) is 5.99. The van der Waals surface area contributed by atoms with Crippen molar-refractivity contribution in [3.63, 3.8) is 0 Å².